The Kier molecular flexibility index (Phi) is 4.63. The predicted molar refractivity (Wildman–Crippen MR) is 80.7 cm³/mol. The molecule has 2 rings (SSSR count). The highest BCUT2D eigenvalue weighted by Gasteiger charge is 2.46. The van der Waals surface area contributed by atoms with Gasteiger partial charge in [-0.3, -0.25) is 19.3 Å². The minimum absolute atomic E-state index is 0.450. The molecule has 1 aliphatic rings. The number of hydrogen-bond acceptors (Lipinski definition) is 5. The van der Waals surface area contributed by atoms with Gasteiger partial charge < -0.3 is 10.1 Å². The van der Waals surface area contributed by atoms with Crippen LogP contribution in [-0.2, 0) is 14.4 Å². The number of anilines is 1. The van der Waals surface area contributed by atoms with Crippen molar-refractivity contribution in [3.8, 4) is 5.75 Å². The van der Waals surface area contributed by atoms with Crippen LogP contribution in [0.25, 0.3) is 0 Å². The summed E-state index contributed by atoms with van der Waals surface area (Å²) in [6, 6.07) is 5.33. The molecule has 1 fully saturated rings. The van der Waals surface area contributed by atoms with Crippen LogP contribution in [-0.4, -0.2) is 53.2 Å². The van der Waals surface area contributed by atoms with Crippen LogP contribution >= 0.6 is 0 Å². The largest absolute Gasteiger partial charge is 0.497 e. The van der Waals surface area contributed by atoms with Crippen LogP contribution in [0.15, 0.2) is 24.3 Å². The number of methoxy groups -OCH3 is 1. The quantitative estimate of drug-likeness (QED) is 0.640. The van der Waals surface area contributed by atoms with Crippen molar-refractivity contribution < 1.29 is 23.9 Å². The highest BCUT2D eigenvalue weighted by atomic mass is 16.5. The van der Waals surface area contributed by atoms with Crippen molar-refractivity contribution in [2.75, 3.05) is 19.0 Å². The Morgan fingerprint density at radius 1 is 1.13 bits per heavy atom. The van der Waals surface area contributed by atoms with Crippen LogP contribution in [0, 0.1) is 0 Å². The first kappa shape index (κ1) is 16.5. The summed E-state index contributed by atoms with van der Waals surface area (Å²) < 4.78 is 5.00. The molecule has 1 aromatic carbocycles. The van der Waals surface area contributed by atoms with Gasteiger partial charge in [0, 0.05) is 11.7 Å². The van der Waals surface area contributed by atoms with Crippen LogP contribution in [0.5, 0.6) is 5.75 Å². The molecular weight excluding hydrogens is 302 g/mol. The Morgan fingerprint density at radius 2 is 1.74 bits per heavy atom. The Hall–Kier alpha value is -2.90. The first-order chi connectivity index (χ1) is 10.8. The summed E-state index contributed by atoms with van der Waals surface area (Å²) in [5, 5.41) is 2.55. The standard InChI is InChI=1S/C15H17N3O5/c1-9(2)18-14(21)13(20)17(15(18)22)8-12(19)16-10-4-6-11(23-3)7-5-10/h4-7,9H,8H2,1-3H3,(H,16,19). The van der Waals surface area contributed by atoms with E-state index >= 15 is 0 Å². The van der Waals surface area contributed by atoms with Crippen LogP contribution < -0.4 is 10.1 Å². The van der Waals surface area contributed by atoms with Crippen LogP contribution in [0.2, 0.25) is 0 Å². The lowest BCUT2D eigenvalue weighted by Gasteiger charge is -2.18. The maximum Gasteiger partial charge on any atom is 0.334 e. The van der Waals surface area contributed by atoms with Gasteiger partial charge >= 0.3 is 17.8 Å². The normalized spacial score (nSPS) is 14.7. The van der Waals surface area contributed by atoms with Gasteiger partial charge in [-0.2, -0.15) is 0 Å². The fraction of sp³-hybridized carbons (Fsp3) is 0.333. The smallest absolute Gasteiger partial charge is 0.334 e. The number of urea groups is 1. The Labute approximate surface area is 133 Å². The van der Waals surface area contributed by atoms with Gasteiger partial charge in [0.15, 0.2) is 0 Å². The van der Waals surface area contributed by atoms with Crippen molar-refractivity contribution in [2.45, 2.75) is 19.9 Å². The van der Waals surface area contributed by atoms with E-state index in [4.69, 9.17) is 4.74 Å². The van der Waals surface area contributed by atoms with Crippen molar-refractivity contribution >= 4 is 29.4 Å². The lowest BCUT2D eigenvalue weighted by Crippen LogP contribution is -2.40. The number of carbonyl (C=O) groups is 4. The average molecular weight is 319 g/mol. The van der Waals surface area contributed by atoms with Crippen molar-refractivity contribution in [3.63, 3.8) is 0 Å². The maximum atomic E-state index is 12.1. The fourth-order valence-electron chi connectivity index (χ4n) is 2.14. The molecule has 0 spiro atoms. The molecule has 0 bridgehead atoms. The molecule has 1 heterocycles. The van der Waals surface area contributed by atoms with Gasteiger partial charge in [0.1, 0.15) is 12.3 Å². The monoisotopic (exact) mass is 319 g/mol. The van der Waals surface area contributed by atoms with Crippen LogP contribution in [0.4, 0.5) is 10.5 Å². The molecule has 0 unspecified atom stereocenters. The van der Waals surface area contributed by atoms with Gasteiger partial charge in [0.25, 0.3) is 0 Å². The van der Waals surface area contributed by atoms with E-state index in [1.807, 2.05) is 0 Å². The zero-order valence-electron chi connectivity index (χ0n) is 13.0. The number of imide groups is 2. The number of nitrogens with zero attached hydrogens (tertiary/aromatic N) is 2. The van der Waals surface area contributed by atoms with Crippen LogP contribution in [0.1, 0.15) is 13.8 Å². The van der Waals surface area contributed by atoms with Gasteiger partial charge in [0.05, 0.1) is 7.11 Å². The van der Waals surface area contributed by atoms with Crippen molar-refractivity contribution in [2.24, 2.45) is 0 Å². The number of nitrogens with one attached hydrogen (secondary N) is 1. The molecule has 1 aliphatic heterocycles. The van der Waals surface area contributed by atoms with E-state index in [2.05, 4.69) is 5.32 Å². The minimum Gasteiger partial charge on any atom is -0.497 e. The number of hydrogen-bond donors (Lipinski definition) is 1. The Bertz CT molecular complexity index is 654. The highest BCUT2D eigenvalue weighted by Crippen LogP contribution is 2.17. The molecule has 1 aromatic rings. The number of amides is 5. The molecule has 0 radical (unpaired) electrons. The lowest BCUT2D eigenvalue weighted by atomic mass is 10.3. The Balaban J connectivity index is 2.03. The molecule has 5 amide bonds. The van der Waals surface area contributed by atoms with Crippen LogP contribution in [0.3, 0.4) is 0 Å². The summed E-state index contributed by atoms with van der Waals surface area (Å²) in [5.74, 6) is -1.85. The van der Waals surface area contributed by atoms with Gasteiger partial charge in [-0.25, -0.2) is 9.69 Å². The van der Waals surface area contributed by atoms with E-state index in [-0.39, 0.29) is 0 Å². The molecule has 122 valence electrons. The molecule has 0 aromatic heterocycles. The molecule has 8 heteroatoms. The lowest BCUT2D eigenvalue weighted by molar-refractivity contribution is -0.144. The summed E-state index contributed by atoms with van der Waals surface area (Å²) in [6.45, 7) is 2.71. The summed E-state index contributed by atoms with van der Waals surface area (Å²) in [4.78, 5) is 49.1. The molecule has 1 N–H and O–H groups in total. The van der Waals surface area contributed by atoms with Gasteiger partial charge in [-0.05, 0) is 38.1 Å². The molecular formula is C15H17N3O5. The first-order valence-electron chi connectivity index (χ1n) is 6.98. The molecule has 23 heavy (non-hydrogen) atoms. The molecule has 1 saturated heterocycles. The topological polar surface area (TPSA) is 96.0 Å². The van der Waals surface area contributed by atoms with Gasteiger partial charge in [-0.1, -0.05) is 0 Å². The van der Waals surface area contributed by atoms with E-state index in [0.29, 0.717) is 16.3 Å². The van der Waals surface area contributed by atoms with Crippen molar-refractivity contribution in [3.05, 3.63) is 24.3 Å². The Morgan fingerprint density at radius 3 is 2.22 bits per heavy atom. The van der Waals surface area contributed by atoms with E-state index in [9.17, 15) is 19.2 Å². The van der Waals surface area contributed by atoms with E-state index in [1.54, 1.807) is 38.1 Å². The minimum atomic E-state index is -0.992. The van der Waals surface area contributed by atoms with E-state index in [0.717, 1.165) is 4.90 Å². The summed E-state index contributed by atoms with van der Waals surface area (Å²) in [6.07, 6.45) is 0. The molecule has 0 atom stereocenters. The van der Waals surface area contributed by atoms with Gasteiger partial charge in [0.2, 0.25) is 5.91 Å². The second-order valence-electron chi connectivity index (χ2n) is 5.22. The third-order valence-corrected chi connectivity index (χ3v) is 3.28. The third kappa shape index (κ3) is 3.31. The number of ether oxygens (including phenoxy) is 1. The number of benzene rings is 1. The second kappa shape index (κ2) is 6.47. The number of rotatable bonds is 5. The number of carbonyl (C=O) groups excluding carboxylic acids is 4. The fourth-order valence-corrected chi connectivity index (χ4v) is 2.14. The van der Waals surface area contributed by atoms with E-state index in [1.165, 1.54) is 7.11 Å². The second-order valence-corrected chi connectivity index (χ2v) is 5.22. The highest BCUT2D eigenvalue weighted by molar-refractivity contribution is 6.45. The zero-order chi connectivity index (χ0) is 17.1. The third-order valence-electron chi connectivity index (χ3n) is 3.28. The van der Waals surface area contributed by atoms with Crippen molar-refractivity contribution in [1.82, 2.24) is 9.80 Å². The summed E-state index contributed by atoms with van der Waals surface area (Å²) >= 11 is 0. The summed E-state index contributed by atoms with van der Waals surface area (Å²) in [5.41, 5.74) is 0.488. The molecule has 0 aliphatic carbocycles. The van der Waals surface area contributed by atoms with Gasteiger partial charge in [-0.15, -0.1) is 0 Å². The predicted octanol–water partition coefficient (Wildman–Crippen LogP) is 0.833. The molecule has 8 nitrogen and oxygen atoms in total. The average Bonchev–Trinajstić information content (AvgIpc) is 2.71. The summed E-state index contributed by atoms with van der Waals surface area (Å²) in [7, 11) is 1.52. The van der Waals surface area contributed by atoms with Crippen molar-refractivity contribution in [1.29, 1.82) is 0 Å². The maximum absolute atomic E-state index is 12.1. The molecule has 0 saturated carbocycles. The zero-order valence-corrected chi connectivity index (χ0v) is 13.0. The first-order valence-corrected chi connectivity index (χ1v) is 6.98. The van der Waals surface area contributed by atoms with E-state index < -0.39 is 36.3 Å². The SMILES string of the molecule is COc1ccc(NC(=O)CN2C(=O)C(=O)N(C(C)C)C2=O)cc1.